The largest absolute Gasteiger partial charge is 0.480 e. The van der Waals surface area contributed by atoms with Crippen molar-refractivity contribution in [2.45, 2.75) is 26.3 Å². The second-order valence-electron chi connectivity index (χ2n) is 4.64. The van der Waals surface area contributed by atoms with Crippen molar-refractivity contribution in [1.29, 1.82) is 0 Å². The molecule has 1 aromatic rings. The predicted molar refractivity (Wildman–Crippen MR) is 76.1 cm³/mol. The van der Waals surface area contributed by atoms with E-state index in [-0.39, 0.29) is 12.0 Å². The predicted octanol–water partition coefficient (Wildman–Crippen LogP) is 1.76. The monoisotopic (exact) mass is 291 g/mol. The average molecular weight is 291 g/mol. The molecule has 2 N–H and O–H groups in total. The van der Waals surface area contributed by atoms with Gasteiger partial charge >= 0.3 is 11.9 Å². The summed E-state index contributed by atoms with van der Waals surface area (Å²) in [5.41, 5.74) is 0.937. The number of hydrogen-bond acceptors (Lipinski definition) is 4. The molecule has 0 aromatic heterocycles. The first-order valence-corrected chi connectivity index (χ1v) is 6.26. The van der Waals surface area contributed by atoms with E-state index in [2.05, 4.69) is 11.9 Å². The minimum absolute atomic E-state index is 0.159. The fourth-order valence-electron chi connectivity index (χ4n) is 1.63. The number of carbonyl (C=O) groups excluding carboxylic acids is 2. The van der Waals surface area contributed by atoms with Crippen LogP contribution in [0, 0.1) is 0 Å². The molecule has 0 aliphatic carbocycles. The van der Waals surface area contributed by atoms with Crippen LogP contribution in [0.4, 0.5) is 0 Å². The van der Waals surface area contributed by atoms with E-state index >= 15 is 0 Å². The molecule has 21 heavy (non-hydrogen) atoms. The van der Waals surface area contributed by atoms with Gasteiger partial charge in [0.1, 0.15) is 11.8 Å². The lowest BCUT2D eigenvalue weighted by Gasteiger charge is -2.14. The van der Waals surface area contributed by atoms with Gasteiger partial charge in [-0.05, 0) is 37.6 Å². The van der Waals surface area contributed by atoms with E-state index < -0.39 is 23.9 Å². The van der Waals surface area contributed by atoms with Crippen LogP contribution in [0.3, 0.4) is 0 Å². The highest BCUT2D eigenvalue weighted by Crippen LogP contribution is 2.13. The maximum absolute atomic E-state index is 12.0. The lowest BCUT2D eigenvalue weighted by Crippen LogP contribution is -2.40. The van der Waals surface area contributed by atoms with Gasteiger partial charge in [0.2, 0.25) is 0 Å². The van der Waals surface area contributed by atoms with E-state index in [0.717, 1.165) is 0 Å². The molecular weight excluding hydrogens is 274 g/mol. The molecule has 0 spiro atoms. The topological polar surface area (TPSA) is 92.7 Å². The summed E-state index contributed by atoms with van der Waals surface area (Å²) in [5.74, 6) is -1.78. The Balaban J connectivity index is 2.76. The summed E-state index contributed by atoms with van der Waals surface area (Å²) in [6.07, 6.45) is 0.159. The van der Waals surface area contributed by atoms with E-state index in [1.54, 1.807) is 6.92 Å². The van der Waals surface area contributed by atoms with Gasteiger partial charge in [0, 0.05) is 12.5 Å². The molecule has 0 unspecified atom stereocenters. The molecule has 0 saturated heterocycles. The Kier molecular flexibility index (Phi) is 5.66. The summed E-state index contributed by atoms with van der Waals surface area (Å²) in [4.78, 5) is 33.8. The molecule has 0 aliphatic rings. The lowest BCUT2D eigenvalue weighted by molar-refractivity contribution is -0.139. The van der Waals surface area contributed by atoms with Crippen LogP contribution < -0.4 is 10.1 Å². The first-order chi connectivity index (χ1) is 9.79. The van der Waals surface area contributed by atoms with Gasteiger partial charge < -0.3 is 15.2 Å². The Labute approximate surface area is 122 Å². The zero-order valence-electron chi connectivity index (χ0n) is 11.9. The van der Waals surface area contributed by atoms with Gasteiger partial charge in [0.25, 0.3) is 5.91 Å². The zero-order chi connectivity index (χ0) is 16.0. The van der Waals surface area contributed by atoms with Gasteiger partial charge in [-0.3, -0.25) is 9.59 Å². The third-order valence-electron chi connectivity index (χ3n) is 2.53. The number of ether oxygens (including phenoxy) is 1. The third kappa shape index (κ3) is 5.48. The average Bonchev–Trinajstić information content (AvgIpc) is 2.37. The minimum atomic E-state index is -1.12. The lowest BCUT2D eigenvalue weighted by atomic mass is 10.1. The number of amides is 1. The van der Waals surface area contributed by atoms with Gasteiger partial charge in [-0.15, -0.1) is 6.58 Å². The number of benzene rings is 1. The minimum Gasteiger partial charge on any atom is -0.480 e. The van der Waals surface area contributed by atoms with Gasteiger partial charge in [-0.2, -0.15) is 0 Å². The molecule has 0 saturated carbocycles. The highest BCUT2D eigenvalue weighted by molar-refractivity contribution is 5.96. The van der Waals surface area contributed by atoms with Crippen molar-refractivity contribution >= 4 is 17.8 Å². The summed E-state index contributed by atoms with van der Waals surface area (Å²) in [7, 11) is 0. The maximum Gasteiger partial charge on any atom is 0.326 e. The third-order valence-corrected chi connectivity index (χ3v) is 2.53. The summed E-state index contributed by atoms with van der Waals surface area (Å²) in [6, 6.07) is 4.80. The van der Waals surface area contributed by atoms with Gasteiger partial charge in [0.05, 0.1) is 0 Å². The van der Waals surface area contributed by atoms with Crippen LogP contribution in [0.15, 0.2) is 36.4 Å². The molecule has 1 aromatic carbocycles. The first-order valence-electron chi connectivity index (χ1n) is 6.26. The van der Waals surface area contributed by atoms with Gasteiger partial charge in [0.15, 0.2) is 0 Å². The first kappa shape index (κ1) is 16.4. The Morgan fingerprint density at radius 1 is 1.24 bits per heavy atom. The number of esters is 1. The van der Waals surface area contributed by atoms with Crippen molar-refractivity contribution in [3.8, 4) is 5.75 Å². The normalized spacial score (nSPS) is 11.3. The van der Waals surface area contributed by atoms with E-state index in [4.69, 9.17) is 9.84 Å². The Bertz CT molecular complexity index is 562. The van der Waals surface area contributed by atoms with Gasteiger partial charge in [-0.25, -0.2) is 4.79 Å². The van der Waals surface area contributed by atoms with Crippen LogP contribution in [0.25, 0.3) is 0 Å². The van der Waals surface area contributed by atoms with Crippen molar-refractivity contribution in [3.05, 3.63) is 42.0 Å². The second-order valence-corrected chi connectivity index (χ2v) is 4.64. The van der Waals surface area contributed by atoms with Crippen LogP contribution in [0.5, 0.6) is 5.75 Å². The summed E-state index contributed by atoms with van der Waals surface area (Å²) in [6.45, 7) is 6.60. The quantitative estimate of drug-likeness (QED) is 0.473. The molecule has 1 atom stereocenters. The second kappa shape index (κ2) is 7.23. The summed E-state index contributed by atoms with van der Waals surface area (Å²) in [5, 5.41) is 11.5. The SMILES string of the molecule is C=C(C)C[C@H](NC(=O)c1ccc(OC(C)=O)cc1)C(=O)O. The molecule has 0 radical (unpaired) electrons. The van der Waals surface area contributed by atoms with Crippen LogP contribution in [-0.4, -0.2) is 29.0 Å². The number of carboxylic acids is 1. The number of aliphatic carboxylic acids is 1. The molecule has 1 amide bonds. The molecule has 0 fully saturated rings. The number of carbonyl (C=O) groups is 3. The summed E-state index contributed by atoms with van der Waals surface area (Å²) >= 11 is 0. The molecule has 1 rings (SSSR count). The summed E-state index contributed by atoms with van der Waals surface area (Å²) < 4.78 is 4.84. The van der Waals surface area contributed by atoms with Crippen LogP contribution in [-0.2, 0) is 9.59 Å². The van der Waals surface area contributed by atoms with Crippen molar-refractivity contribution in [1.82, 2.24) is 5.32 Å². The van der Waals surface area contributed by atoms with E-state index in [0.29, 0.717) is 11.3 Å². The maximum atomic E-state index is 12.0. The molecule has 6 heteroatoms. The van der Waals surface area contributed by atoms with E-state index in [1.807, 2.05) is 0 Å². The van der Waals surface area contributed by atoms with Crippen molar-refractivity contribution < 1.29 is 24.2 Å². The van der Waals surface area contributed by atoms with Crippen molar-refractivity contribution in [2.24, 2.45) is 0 Å². The molecule has 0 heterocycles. The molecule has 0 aliphatic heterocycles. The highest BCUT2D eigenvalue weighted by atomic mass is 16.5. The molecule has 0 bridgehead atoms. The molecule has 6 nitrogen and oxygen atoms in total. The van der Waals surface area contributed by atoms with Crippen LogP contribution in [0.2, 0.25) is 0 Å². The van der Waals surface area contributed by atoms with Gasteiger partial charge in [-0.1, -0.05) is 5.57 Å². The van der Waals surface area contributed by atoms with Crippen LogP contribution in [0.1, 0.15) is 30.6 Å². The molecule has 112 valence electrons. The highest BCUT2D eigenvalue weighted by Gasteiger charge is 2.20. The number of rotatable bonds is 6. The zero-order valence-corrected chi connectivity index (χ0v) is 11.9. The number of hydrogen-bond donors (Lipinski definition) is 2. The van der Waals surface area contributed by atoms with Crippen LogP contribution >= 0.6 is 0 Å². The number of carboxylic acid groups (broad SMARTS) is 1. The Hall–Kier alpha value is -2.63. The van der Waals surface area contributed by atoms with E-state index in [9.17, 15) is 14.4 Å². The smallest absolute Gasteiger partial charge is 0.326 e. The Morgan fingerprint density at radius 3 is 2.24 bits per heavy atom. The molecular formula is C15H17NO5. The van der Waals surface area contributed by atoms with Crippen molar-refractivity contribution in [2.75, 3.05) is 0 Å². The Morgan fingerprint density at radius 2 is 1.81 bits per heavy atom. The van der Waals surface area contributed by atoms with Crippen molar-refractivity contribution in [3.63, 3.8) is 0 Å². The fourth-order valence-corrected chi connectivity index (χ4v) is 1.63. The van der Waals surface area contributed by atoms with E-state index in [1.165, 1.54) is 31.2 Å². The standard InChI is InChI=1S/C15H17NO5/c1-9(2)8-13(15(19)20)16-14(18)11-4-6-12(7-5-11)21-10(3)17/h4-7,13H,1,8H2,2-3H3,(H,16,18)(H,19,20)/t13-/m0/s1. The number of nitrogens with one attached hydrogen (secondary N) is 1. The fraction of sp³-hybridized carbons (Fsp3) is 0.267.